The molecule has 0 amide bonds. The van der Waals surface area contributed by atoms with Gasteiger partial charge in [0.15, 0.2) is 6.10 Å². The zero-order valence-electron chi connectivity index (χ0n) is 49.4. The molecule has 0 saturated carbocycles. The van der Waals surface area contributed by atoms with Crippen molar-refractivity contribution in [2.24, 2.45) is 0 Å². The molecule has 0 aromatic heterocycles. The molecule has 0 aliphatic rings. The summed E-state index contributed by atoms with van der Waals surface area (Å²) in [6.07, 6.45) is 74.7. The van der Waals surface area contributed by atoms with Crippen molar-refractivity contribution in [1.29, 1.82) is 0 Å². The number of ether oxygens (including phenoxy) is 3. The molecule has 0 rings (SSSR count). The topological polar surface area (TPSA) is 78.9 Å². The highest BCUT2D eigenvalue weighted by atomic mass is 16.6. The molecule has 0 aromatic carbocycles. The Kier molecular flexibility index (Phi) is 60.6. The predicted molar refractivity (Wildman–Crippen MR) is 316 cm³/mol. The van der Waals surface area contributed by atoms with Gasteiger partial charge in [0.1, 0.15) is 13.2 Å². The highest BCUT2D eigenvalue weighted by Crippen LogP contribution is 2.18. The zero-order valence-corrected chi connectivity index (χ0v) is 49.4. The number of rotatable bonds is 61. The lowest BCUT2D eigenvalue weighted by atomic mass is 10.0. The quantitative estimate of drug-likeness (QED) is 0.0261. The monoisotopic (exact) mass is 1030 g/mol. The second-order valence-electron chi connectivity index (χ2n) is 22.4. The fraction of sp³-hybridized carbons (Fsp3) is 0.896. The molecule has 0 saturated heterocycles. The number of esters is 3. The van der Waals surface area contributed by atoms with Gasteiger partial charge in [0, 0.05) is 19.3 Å². The van der Waals surface area contributed by atoms with E-state index >= 15 is 0 Å². The maximum absolute atomic E-state index is 12.9. The van der Waals surface area contributed by atoms with E-state index in [1.54, 1.807) is 0 Å². The van der Waals surface area contributed by atoms with Gasteiger partial charge in [-0.3, -0.25) is 14.4 Å². The molecule has 0 spiro atoms. The van der Waals surface area contributed by atoms with Crippen molar-refractivity contribution in [3.8, 4) is 0 Å². The van der Waals surface area contributed by atoms with Crippen molar-refractivity contribution in [1.82, 2.24) is 0 Å². The van der Waals surface area contributed by atoms with Crippen molar-refractivity contribution in [2.45, 2.75) is 374 Å². The molecule has 73 heavy (non-hydrogen) atoms. The number of allylic oxidation sites excluding steroid dienone is 4. The third-order valence-corrected chi connectivity index (χ3v) is 15.0. The highest BCUT2D eigenvalue weighted by Gasteiger charge is 2.19. The lowest BCUT2D eigenvalue weighted by molar-refractivity contribution is -0.167. The number of carbonyl (C=O) groups excluding carboxylic acids is 3. The van der Waals surface area contributed by atoms with Gasteiger partial charge < -0.3 is 14.2 Å². The Morgan fingerprint density at radius 2 is 0.493 bits per heavy atom. The van der Waals surface area contributed by atoms with Gasteiger partial charge >= 0.3 is 17.9 Å². The van der Waals surface area contributed by atoms with Crippen LogP contribution in [0.25, 0.3) is 0 Å². The van der Waals surface area contributed by atoms with Crippen LogP contribution in [0.4, 0.5) is 0 Å². The Hall–Kier alpha value is -2.11. The summed E-state index contributed by atoms with van der Waals surface area (Å²) in [5.74, 6) is -0.840. The average molecular weight is 1030 g/mol. The average Bonchev–Trinajstić information content (AvgIpc) is 3.39. The molecule has 0 aliphatic heterocycles. The molecule has 6 nitrogen and oxygen atoms in total. The Bertz CT molecular complexity index is 1180. The highest BCUT2D eigenvalue weighted by molar-refractivity contribution is 5.71. The number of hydrogen-bond donors (Lipinski definition) is 0. The molecule has 0 heterocycles. The van der Waals surface area contributed by atoms with E-state index < -0.39 is 6.10 Å². The van der Waals surface area contributed by atoms with E-state index in [1.165, 1.54) is 263 Å². The van der Waals surface area contributed by atoms with Gasteiger partial charge in [-0.25, -0.2) is 0 Å². The minimum atomic E-state index is -0.769. The molecule has 0 unspecified atom stereocenters. The van der Waals surface area contributed by atoms with Gasteiger partial charge in [0.05, 0.1) is 0 Å². The Morgan fingerprint density at radius 1 is 0.274 bits per heavy atom. The summed E-state index contributed by atoms with van der Waals surface area (Å²) in [5, 5.41) is 0. The van der Waals surface area contributed by atoms with Crippen molar-refractivity contribution < 1.29 is 28.6 Å². The normalized spacial score (nSPS) is 12.1. The second kappa shape index (κ2) is 62.4. The van der Waals surface area contributed by atoms with E-state index in [2.05, 4.69) is 45.1 Å². The molecule has 430 valence electrons. The van der Waals surface area contributed by atoms with E-state index in [9.17, 15) is 14.4 Å². The summed E-state index contributed by atoms with van der Waals surface area (Å²) in [7, 11) is 0. The van der Waals surface area contributed by atoms with Crippen molar-refractivity contribution in [3.63, 3.8) is 0 Å². The van der Waals surface area contributed by atoms with E-state index in [4.69, 9.17) is 14.2 Å². The predicted octanol–water partition coefficient (Wildman–Crippen LogP) is 22.2. The maximum atomic E-state index is 12.9. The molecule has 1 atom stereocenters. The lowest BCUT2D eigenvalue weighted by Gasteiger charge is -2.18. The first-order valence-corrected chi connectivity index (χ1v) is 32.8. The fourth-order valence-electron chi connectivity index (χ4n) is 10.0. The minimum absolute atomic E-state index is 0.0660. The van der Waals surface area contributed by atoms with E-state index in [0.29, 0.717) is 19.3 Å². The van der Waals surface area contributed by atoms with Crippen LogP contribution in [0.15, 0.2) is 24.3 Å². The smallest absolute Gasteiger partial charge is 0.306 e. The van der Waals surface area contributed by atoms with Gasteiger partial charge in [-0.05, 0) is 51.4 Å². The Labute approximate surface area is 455 Å². The summed E-state index contributed by atoms with van der Waals surface area (Å²) in [4.78, 5) is 38.3. The van der Waals surface area contributed by atoms with Crippen molar-refractivity contribution in [3.05, 3.63) is 24.3 Å². The molecule has 0 aliphatic carbocycles. The van der Waals surface area contributed by atoms with Gasteiger partial charge in [-0.15, -0.1) is 0 Å². The van der Waals surface area contributed by atoms with Crippen LogP contribution in [0.3, 0.4) is 0 Å². The Balaban J connectivity index is 4.28. The van der Waals surface area contributed by atoms with E-state index in [1.807, 2.05) is 0 Å². The molecule has 0 fully saturated rings. The van der Waals surface area contributed by atoms with Crippen LogP contribution in [0.1, 0.15) is 367 Å². The van der Waals surface area contributed by atoms with Crippen LogP contribution in [-0.2, 0) is 28.6 Å². The molecular weight excluding hydrogens is 901 g/mol. The third-order valence-electron chi connectivity index (χ3n) is 15.0. The first-order chi connectivity index (χ1) is 36.0. The second-order valence-corrected chi connectivity index (χ2v) is 22.4. The van der Waals surface area contributed by atoms with Crippen molar-refractivity contribution >= 4 is 17.9 Å². The summed E-state index contributed by atoms with van der Waals surface area (Å²) < 4.78 is 17.0. The summed E-state index contributed by atoms with van der Waals surface area (Å²) in [6.45, 7) is 6.69. The molecular formula is C67H126O6. The number of hydrogen-bond acceptors (Lipinski definition) is 6. The molecule has 0 N–H and O–H groups in total. The van der Waals surface area contributed by atoms with Gasteiger partial charge in [0.2, 0.25) is 0 Å². The van der Waals surface area contributed by atoms with Gasteiger partial charge in [0.25, 0.3) is 0 Å². The molecule has 0 radical (unpaired) electrons. The van der Waals surface area contributed by atoms with Crippen LogP contribution in [-0.4, -0.2) is 37.2 Å². The van der Waals surface area contributed by atoms with Gasteiger partial charge in [-0.1, -0.05) is 321 Å². The summed E-state index contributed by atoms with van der Waals surface area (Å²) >= 11 is 0. The van der Waals surface area contributed by atoms with Gasteiger partial charge in [-0.2, -0.15) is 0 Å². The van der Waals surface area contributed by atoms with Crippen LogP contribution in [0, 0.1) is 0 Å². The summed E-state index contributed by atoms with van der Waals surface area (Å²) in [6, 6.07) is 0. The molecule has 0 bridgehead atoms. The van der Waals surface area contributed by atoms with Crippen LogP contribution in [0.5, 0.6) is 0 Å². The van der Waals surface area contributed by atoms with E-state index in [-0.39, 0.29) is 31.1 Å². The third kappa shape index (κ3) is 60.6. The summed E-state index contributed by atoms with van der Waals surface area (Å²) in [5.41, 5.74) is 0. The van der Waals surface area contributed by atoms with Crippen molar-refractivity contribution in [2.75, 3.05) is 13.2 Å². The van der Waals surface area contributed by atoms with E-state index in [0.717, 1.165) is 64.2 Å². The molecule has 6 heteroatoms. The first-order valence-electron chi connectivity index (χ1n) is 32.8. The maximum Gasteiger partial charge on any atom is 0.306 e. The fourth-order valence-corrected chi connectivity index (χ4v) is 10.0. The van der Waals surface area contributed by atoms with Crippen LogP contribution in [0.2, 0.25) is 0 Å². The SMILES string of the molecule is CCCCC/C=C\C/C=C\CCCCCCCCCCCC(=O)OC[C@H](COC(=O)CCCCCCCCCCCCCCCCCCCCCCC)OC(=O)CCCCCCCCCCCCCCCCC. The van der Waals surface area contributed by atoms with Crippen LogP contribution >= 0.6 is 0 Å². The lowest BCUT2D eigenvalue weighted by Crippen LogP contribution is -2.30. The molecule has 0 aromatic rings. The van der Waals surface area contributed by atoms with Crippen LogP contribution < -0.4 is 0 Å². The zero-order chi connectivity index (χ0) is 52.9. The first kappa shape index (κ1) is 70.9. The number of unbranched alkanes of at least 4 members (excludes halogenated alkanes) is 46. The Morgan fingerprint density at radius 3 is 0.781 bits per heavy atom. The number of carbonyl (C=O) groups is 3. The minimum Gasteiger partial charge on any atom is -0.462 e. The largest absolute Gasteiger partial charge is 0.462 e. The standard InChI is InChI=1S/C67H126O6/c1-4-7-10-13-16-19-22-25-28-30-32-33-35-37-40-42-45-48-51-54-57-60-66(69)72-63-64(73-67(70)61-58-55-52-49-46-43-38-27-24-21-18-15-12-9-6-3)62-71-65(68)59-56-53-50-47-44-41-39-36-34-31-29-26-23-20-17-14-11-8-5-2/h17,20,26,29,64H,4-16,18-19,21-25,27-28,30-63H2,1-3H3/b20-17-,29-26-/t64-/m1/s1.